The van der Waals surface area contributed by atoms with Gasteiger partial charge in [0.2, 0.25) is 0 Å². The molecule has 1 saturated heterocycles. The first-order valence-corrected chi connectivity index (χ1v) is 13.8. The number of aromatic nitrogens is 1. The van der Waals surface area contributed by atoms with E-state index < -0.39 is 29.5 Å². The molecule has 1 aromatic heterocycles. The molecule has 11 heteroatoms. The Labute approximate surface area is 245 Å². The lowest BCUT2D eigenvalue weighted by atomic mass is 9.95. The van der Waals surface area contributed by atoms with Gasteiger partial charge in [0.1, 0.15) is 23.0 Å². The highest BCUT2D eigenvalue weighted by atomic mass is 35.5. The van der Waals surface area contributed by atoms with Crippen LogP contribution in [0.5, 0.6) is 5.75 Å². The summed E-state index contributed by atoms with van der Waals surface area (Å²) in [7, 11) is 0. The zero-order chi connectivity index (χ0) is 29.1. The van der Waals surface area contributed by atoms with Gasteiger partial charge < -0.3 is 14.6 Å². The molecule has 0 aliphatic carbocycles. The van der Waals surface area contributed by atoms with Crippen molar-refractivity contribution in [3.63, 3.8) is 0 Å². The smallest absolute Gasteiger partial charge is 0.350 e. The van der Waals surface area contributed by atoms with Crippen molar-refractivity contribution >= 4 is 63.1 Å². The van der Waals surface area contributed by atoms with Gasteiger partial charge in [0, 0.05) is 15.6 Å². The zero-order valence-corrected chi connectivity index (χ0v) is 24.3. The number of thiazole rings is 1. The van der Waals surface area contributed by atoms with Crippen molar-refractivity contribution in [3.8, 4) is 5.75 Å². The third-order valence-corrected chi connectivity index (χ3v) is 7.62. The second-order valence-corrected chi connectivity index (χ2v) is 11.2. The molecule has 0 bridgehead atoms. The quantitative estimate of drug-likeness (QED) is 0.0950. The van der Waals surface area contributed by atoms with Crippen LogP contribution in [-0.2, 0) is 14.3 Å². The number of Topliss-reactive ketones (excluding diaryl/α,β-unsaturated/α-hetero) is 1. The molecule has 8 nitrogen and oxygen atoms in total. The average molecular weight is 602 g/mol. The summed E-state index contributed by atoms with van der Waals surface area (Å²) < 4.78 is 10.8. The van der Waals surface area contributed by atoms with Crippen LogP contribution in [0.4, 0.5) is 5.13 Å². The highest BCUT2D eigenvalue weighted by molar-refractivity contribution is 7.17. The maximum absolute atomic E-state index is 13.5. The van der Waals surface area contributed by atoms with Gasteiger partial charge in [0.05, 0.1) is 23.9 Å². The Bertz CT molecular complexity index is 1510. The van der Waals surface area contributed by atoms with Crippen molar-refractivity contribution < 1.29 is 29.0 Å². The van der Waals surface area contributed by atoms with Crippen LogP contribution in [-0.4, -0.2) is 41.0 Å². The molecular weight excluding hydrogens is 575 g/mol. The molecule has 0 spiro atoms. The lowest BCUT2D eigenvalue weighted by Crippen LogP contribution is -2.29. The van der Waals surface area contributed by atoms with E-state index in [-0.39, 0.29) is 27.2 Å². The lowest BCUT2D eigenvalue weighted by Gasteiger charge is -2.24. The highest BCUT2D eigenvalue weighted by Gasteiger charge is 2.49. The number of anilines is 1. The number of halogens is 2. The van der Waals surface area contributed by atoms with Crippen LogP contribution in [0.2, 0.25) is 10.0 Å². The van der Waals surface area contributed by atoms with Crippen molar-refractivity contribution in [1.29, 1.82) is 0 Å². The maximum atomic E-state index is 13.5. The molecule has 2 heterocycles. The molecule has 1 N–H and O–H groups in total. The SMILES string of the molecule is C=CCOC(=O)c1sc(N2C(=O)C(=O)/C(=C(/O)c3ccc(OCC(C)C)cc3)C2c2ccc(Cl)cc2Cl)nc1C. The normalized spacial score (nSPS) is 16.4. The minimum absolute atomic E-state index is 0.00228. The van der Waals surface area contributed by atoms with Crippen LogP contribution in [0.1, 0.15) is 46.4 Å². The molecule has 40 heavy (non-hydrogen) atoms. The monoisotopic (exact) mass is 600 g/mol. The Kier molecular flexibility index (Phi) is 8.98. The molecule has 1 unspecified atom stereocenters. The second-order valence-electron chi connectivity index (χ2n) is 9.36. The van der Waals surface area contributed by atoms with Gasteiger partial charge in [-0.25, -0.2) is 9.78 Å². The number of ketones is 1. The van der Waals surface area contributed by atoms with E-state index in [1.807, 2.05) is 13.8 Å². The number of carbonyl (C=O) groups excluding carboxylic acids is 3. The predicted molar refractivity (Wildman–Crippen MR) is 155 cm³/mol. The second kappa shape index (κ2) is 12.2. The van der Waals surface area contributed by atoms with Gasteiger partial charge in [-0.05, 0) is 54.8 Å². The molecular formula is C29H26Cl2N2O6S. The number of amides is 1. The summed E-state index contributed by atoms with van der Waals surface area (Å²) >= 11 is 13.6. The fourth-order valence-electron chi connectivity index (χ4n) is 4.05. The Morgan fingerprint density at radius 3 is 2.52 bits per heavy atom. The van der Waals surface area contributed by atoms with Crippen molar-refractivity contribution in [2.24, 2.45) is 5.92 Å². The standard InChI is InChI=1S/C29H26Cl2N2O6S/c1-5-12-38-28(37)26-16(4)32-29(40-26)33-23(20-11-8-18(30)13-21(20)31)22(25(35)27(33)36)24(34)17-6-9-19(10-7-17)39-14-15(2)3/h5-11,13,15,23,34H,1,12,14H2,2-4H3/b24-22+. The van der Waals surface area contributed by atoms with E-state index >= 15 is 0 Å². The number of ether oxygens (including phenoxy) is 2. The summed E-state index contributed by atoms with van der Waals surface area (Å²) in [5, 5.41) is 12.0. The minimum atomic E-state index is -1.15. The molecule has 3 aromatic rings. The van der Waals surface area contributed by atoms with Crippen LogP contribution in [0.15, 0.2) is 60.7 Å². The largest absolute Gasteiger partial charge is 0.507 e. The summed E-state index contributed by atoms with van der Waals surface area (Å²) in [6.45, 7) is 9.68. The third kappa shape index (κ3) is 5.91. The molecule has 208 valence electrons. The van der Waals surface area contributed by atoms with E-state index in [4.69, 9.17) is 32.7 Å². The van der Waals surface area contributed by atoms with Crippen LogP contribution < -0.4 is 9.64 Å². The molecule has 1 atom stereocenters. The lowest BCUT2D eigenvalue weighted by molar-refractivity contribution is -0.132. The first-order chi connectivity index (χ1) is 19.0. The van der Waals surface area contributed by atoms with E-state index in [1.54, 1.807) is 43.3 Å². The number of aryl methyl sites for hydroxylation is 1. The highest BCUT2D eigenvalue weighted by Crippen LogP contribution is 2.46. The number of benzene rings is 2. The molecule has 0 saturated carbocycles. The molecule has 1 aliphatic rings. The van der Waals surface area contributed by atoms with E-state index in [2.05, 4.69) is 11.6 Å². The van der Waals surface area contributed by atoms with E-state index in [0.29, 0.717) is 40.1 Å². The molecule has 4 rings (SSSR count). The number of carbonyl (C=O) groups is 3. The summed E-state index contributed by atoms with van der Waals surface area (Å²) in [5.74, 6) is -1.99. The van der Waals surface area contributed by atoms with Gasteiger partial charge in [-0.15, -0.1) is 0 Å². The topological polar surface area (TPSA) is 106 Å². The number of nitrogens with zero attached hydrogens (tertiary/aromatic N) is 2. The fourth-order valence-corrected chi connectivity index (χ4v) is 5.55. The van der Waals surface area contributed by atoms with Crippen molar-refractivity contribution in [3.05, 3.63) is 92.4 Å². The number of hydrogen-bond donors (Lipinski definition) is 1. The van der Waals surface area contributed by atoms with Gasteiger partial charge in [0.25, 0.3) is 5.78 Å². The average Bonchev–Trinajstić information content (AvgIpc) is 3.42. The number of aliphatic hydroxyl groups excluding tert-OH is 1. The predicted octanol–water partition coefficient (Wildman–Crippen LogP) is 6.76. The van der Waals surface area contributed by atoms with E-state index in [9.17, 15) is 19.5 Å². The van der Waals surface area contributed by atoms with Crippen LogP contribution >= 0.6 is 34.5 Å². The minimum Gasteiger partial charge on any atom is -0.507 e. The Hall–Kier alpha value is -3.66. The van der Waals surface area contributed by atoms with Crippen molar-refractivity contribution in [2.75, 3.05) is 18.1 Å². The van der Waals surface area contributed by atoms with Crippen molar-refractivity contribution in [1.82, 2.24) is 4.98 Å². The molecule has 1 fully saturated rings. The zero-order valence-electron chi connectivity index (χ0n) is 21.9. The third-order valence-electron chi connectivity index (χ3n) is 5.92. The van der Waals surface area contributed by atoms with E-state index in [1.165, 1.54) is 12.1 Å². The van der Waals surface area contributed by atoms with Gasteiger partial charge in [0.15, 0.2) is 5.13 Å². The number of rotatable bonds is 9. The van der Waals surface area contributed by atoms with Crippen LogP contribution in [0.25, 0.3) is 5.76 Å². The molecule has 1 aliphatic heterocycles. The molecule has 0 radical (unpaired) electrons. The van der Waals surface area contributed by atoms with Gasteiger partial charge in [-0.3, -0.25) is 14.5 Å². The Morgan fingerprint density at radius 2 is 1.90 bits per heavy atom. The summed E-state index contributed by atoms with van der Waals surface area (Å²) in [4.78, 5) is 45.1. The van der Waals surface area contributed by atoms with Gasteiger partial charge in [-0.2, -0.15) is 0 Å². The Balaban J connectivity index is 1.84. The number of esters is 1. The fraction of sp³-hybridized carbons (Fsp3) is 0.241. The van der Waals surface area contributed by atoms with Crippen LogP contribution in [0, 0.1) is 12.8 Å². The number of aliphatic hydroxyl groups is 1. The molecule has 2 aromatic carbocycles. The molecule has 1 amide bonds. The summed E-state index contributed by atoms with van der Waals surface area (Å²) in [6.07, 6.45) is 1.43. The van der Waals surface area contributed by atoms with Gasteiger partial charge >= 0.3 is 11.9 Å². The Morgan fingerprint density at radius 1 is 1.20 bits per heavy atom. The maximum Gasteiger partial charge on any atom is 0.350 e. The summed E-state index contributed by atoms with van der Waals surface area (Å²) in [6, 6.07) is 10.0. The summed E-state index contributed by atoms with van der Waals surface area (Å²) in [5.41, 5.74) is 0.768. The number of hydrogen-bond acceptors (Lipinski definition) is 8. The first kappa shape index (κ1) is 29.3. The van der Waals surface area contributed by atoms with Gasteiger partial charge in [-0.1, -0.05) is 67.1 Å². The first-order valence-electron chi connectivity index (χ1n) is 12.3. The van der Waals surface area contributed by atoms with Crippen LogP contribution in [0.3, 0.4) is 0 Å². The van der Waals surface area contributed by atoms with Crippen molar-refractivity contribution in [2.45, 2.75) is 26.8 Å². The van der Waals surface area contributed by atoms with E-state index in [0.717, 1.165) is 16.2 Å².